The van der Waals surface area contributed by atoms with Crippen LogP contribution in [-0.4, -0.2) is 62.2 Å². The highest BCUT2D eigenvalue weighted by Crippen LogP contribution is 2.09. The van der Waals surface area contributed by atoms with Gasteiger partial charge >= 0.3 is 0 Å². The molecule has 2 atom stereocenters. The van der Waals surface area contributed by atoms with Crippen molar-refractivity contribution in [3.63, 3.8) is 0 Å². The Morgan fingerprint density at radius 3 is 2.80 bits per heavy atom. The minimum atomic E-state index is 0.637. The van der Waals surface area contributed by atoms with E-state index in [9.17, 15) is 0 Å². The van der Waals surface area contributed by atoms with Gasteiger partial charge in [0.05, 0.1) is 0 Å². The average molecular weight is 213 g/mol. The second kappa shape index (κ2) is 6.46. The molecule has 0 bridgehead atoms. The first-order chi connectivity index (χ1) is 7.13. The second-order valence-electron chi connectivity index (χ2n) is 4.98. The van der Waals surface area contributed by atoms with E-state index < -0.39 is 0 Å². The van der Waals surface area contributed by atoms with Gasteiger partial charge in [-0.2, -0.15) is 0 Å². The van der Waals surface area contributed by atoms with E-state index in [2.05, 4.69) is 36.0 Å². The van der Waals surface area contributed by atoms with Crippen molar-refractivity contribution < 1.29 is 0 Å². The molecule has 1 fully saturated rings. The van der Waals surface area contributed by atoms with E-state index in [1.807, 2.05) is 7.05 Å². The molecular weight excluding hydrogens is 186 g/mol. The quantitative estimate of drug-likeness (QED) is 0.752. The van der Waals surface area contributed by atoms with Gasteiger partial charge in [-0.05, 0) is 60.4 Å². The second-order valence-corrected chi connectivity index (χ2v) is 4.98. The van der Waals surface area contributed by atoms with Crippen LogP contribution in [0.2, 0.25) is 0 Å². The maximum absolute atomic E-state index is 3.31. The molecule has 0 spiro atoms. The van der Waals surface area contributed by atoms with E-state index in [1.54, 1.807) is 0 Å². The number of hydrogen-bond donors (Lipinski definition) is 1. The highest BCUT2D eigenvalue weighted by Gasteiger charge is 2.19. The summed E-state index contributed by atoms with van der Waals surface area (Å²) in [7, 11) is 4.28. The molecule has 0 saturated carbocycles. The molecule has 3 heteroatoms. The molecule has 1 saturated heterocycles. The molecule has 1 N–H and O–H groups in total. The van der Waals surface area contributed by atoms with E-state index in [0.29, 0.717) is 12.1 Å². The zero-order chi connectivity index (χ0) is 11.3. The van der Waals surface area contributed by atoms with Crippen LogP contribution < -0.4 is 5.32 Å². The van der Waals surface area contributed by atoms with Crippen LogP contribution in [-0.2, 0) is 0 Å². The smallest absolute Gasteiger partial charge is 0.0194 e. The van der Waals surface area contributed by atoms with Gasteiger partial charge in [-0.3, -0.25) is 4.90 Å². The standard InChI is InChI=1S/C12H27N3/c1-11(13-3)6-9-15-8-5-7-14(4)10-12(15)2/h11-13H,5-10H2,1-4H3. The molecule has 1 rings (SSSR count). The van der Waals surface area contributed by atoms with Crippen molar-refractivity contribution in [2.45, 2.75) is 38.8 Å². The molecule has 0 amide bonds. The van der Waals surface area contributed by atoms with Crippen LogP contribution >= 0.6 is 0 Å². The molecule has 90 valence electrons. The van der Waals surface area contributed by atoms with Crippen LogP contribution in [0.3, 0.4) is 0 Å². The van der Waals surface area contributed by atoms with Crippen LogP contribution in [0.25, 0.3) is 0 Å². The van der Waals surface area contributed by atoms with Crippen molar-refractivity contribution in [3.8, 4) is 0 Å². The summed E-state index contributed by atoms with van der Waals surface area (Å²) in [5.74, 6) is 0. The summed E-state index contributed by atoms with van der Waals surface area (Å²) in [4.78, 5) is 5.09. The fraction of sp³-hybridized carbons (Fsp3) is 1.00. The Kier molecular flexibility index (Phi) is 5.58. The predicted octanol–water partition coefficient (Wildman–Crippen LogP) is 1.01. The Balaban J connectivity index is 2.32. The van der Waals surface area contributed by atoms with Crippen molar-refractivity contribution in [2.24, 2.45) is 0 Å². The van der Waals surface area contributed by atoms with Crippen molar-refractivity contribution in [2.75, 3.05) is 40.3 Å². The lowest BCUT2D eigenvalue weighted by Gasteiger charge is -2.28. The summed E-state index contributed by atoms with van der Waals surface area (Å²) >= 11 is 0. The molecule has 2 unspecified atom stereocenters. The predicted molar refractivity (Wildman–Crippen MR) is 66.3 cm³/mol. The first-order valence-corrected chi connectivity index (χ1v) is 6.23. The summed E-state index contributed by atoms with van der Waals surface area (Å²) in [6.45, 7) is 9.58. The van der Waals surface area contributed by atoms with Crippen molar-refractivity contribution in [1.82, 2.24) is 15.1 Å². The number of hydrogen-bond acceptors (Lipinski definition) is 3. The van der Waals surface area contributed by atoms with Crippen molar-refractivity contribution in [3.05, 3.63) is 0 Å². The molecule has 15 heavy (non-hydrogen) atoms. The summed E-state index contributed by atoms with van der Waals surface area (Å²) in [5, 5.41) is 3.31. The largest absolute Gasteiger partial charge is 0.317 e. The van der Waals surface area contributed by atoms with E-state index in [0.717, 1.165) is 0 Å². The zero-order valence-electron chi connectivity index (χ0n) is 10.8. The van der Waals surface area contributed by atoms with Gasteiger partial charge in [0.25, 0.3) is 0 Å². The first-order valence-electron chi connectivity index (χ1n) is 6.23. The van der Waals surface area contributed by atoms with Gasteiger partial charge in [0.15, 0.2) is 0 Å². The normalized spacial score (nSPS) is 27.6. The monoisotopic (exact) mass is 213 g/mol. The van der Waals surface area contributed by atoms with Crippen LogP contribution in [0.15, 0.2) is 0 Å². The lowest BCUT2D eigenvalue weighted by molar-refractivity contribution is 0.195. The van der Waals surface area contributed by atoms with E-state index in [-0.39, 0.29) is 0 Å². The molecule has 1 aliphatic heterocycles. The Hall–Kier alpha value is -0.120. The highest BCUT2D eigenvalue weighted by atomic mass is 15.2. The van der Waals surface area contributed by atoms with Crippen LogP contribution in [0.4, 0.5) is 0 Å². The number of nitrogens with one attached hydrogen (secondary N) is 1. The fourth-order valence-corrected chi connectivity index (χ4v) is 2.26. The Labute approximate surface area is 94.8 Å². The zero-order valence-corrected chi connectivity index (χ0v) is 10.8. The van der Waals surface area contributed by atoms with Crippen LogP contribution in [0, 0.1) is 0 Å². The topological polar surface area (TPSA) is 18.5 Å². The summed E-state index contributed by atoms with van der Waals surface area (Å²) in [6.07, 6.45) is 2.57. The van der Waals surface area contributed by atoms with Crippen LogP contribution in [0.5, 0.6) is 0 Å². The molecule has 3 nitrogen and oxygen atoms in total. The van der Waals surface area contributed by atoms with Crippen molar-refractivity contribution in [1.29, 1.82) is 0 Å². The summed E-state index contributed by atoms with van der Waals surface area (Å²) < 4.78 is 0. The Morgan fingerprint density at radius 2 is 2.13 bits per heavy atom. The molecule has 1 aliphatic rings. The Morgan fingerprint density at radius 1 is 1.40 bits per heavy atom. The number of rotatable bonds is 4. The Bertz CT molecular complexity index is 172. The first kappa shape index (κ1) is 12.9. The molecule has 0 aromatic heterocycles. The number of likely N-dealkylation sites (N-methyl/N-ethyl adjacent to an activating group) is 1. The third kappa shape index (κ3) is 4.49. The van der Waals surface area contributed by atoms with Crippen molar-refractivity contribution >= 4 is 0 Å². The highest BCUT2D eigenvalue weighted by molar-refractivity contribution is 4.76. The SMILES string of the molecule is CNC(C)CCN1CCCN(C)CC1C. The van der Waals surface area contributed by atoms with Gasteiger partial charge < -0.3 is 10.2 Å². The molecule has 0 radical (unpaired) electrons. The van der Waals surface area contributed by atoms with Gasteiger partial charge in [0.2, 0.25) is 0 Å². The van der Waals surface area contributed by atoms with E-state index >= 15 is 0 Å². The van der Waals surface area contributed by atoms with E-state index in [4.69, 9.17) is 0 Å². The molecule has 0 aromatic rings. The van der Waals surface area contributed by atoms with Crippen LogP contribution in [0.1, 0.15) is 26.7 Å². The number of nitrogens with zero attached hydrogens (tertiary/aromatic N) is 2. The lowest BCUT2D eigenvalue weighted by Crippen LogP contribution is -2.40. The summed E-state index contributed by atoms with van der Waals surface area (Å²) in [6, 6.07) is 1.35. The van der Waals surface area contributed by atoms with Gasteiger partial charge in [0, 0.05) is 18.6 Å². The minimum absolute atomic E-state index is 0.637. The molecule has 0 aromatic carbocycles. The minimum Gasteiger partial charge on any atom is -0.317 e. The third-order valence-electron chi connectivity index (χ3n) is 3.53. The maximum atomic E-state index is 3.31. The third-order valence-corrected chi connectivity index (χ3v) is 3.53. The molecule has 0 aliphatic carbocycles. The fourth-order valence-electron chi connectivity index (χ4n) is 2.26. The van der Waals surface area contributed by atoms with Gasteiger partial charge in [-0.15, -0.1) is 0 Å². The molecular formula is C12H27N3. The summed E-state index contributed by atoms with van der Waals surface area (Å²) in [5.41, 5.74) is 0. The van der Waals surface area contributed by atoms with Gasteiger partial charge in [-0.25, -0.2) is 0 Å². The van der Waals surface area contributed by atoms with Gasteiger partial charge in [0.1, 0.15) is 0 Å². The maximum Gasteiger partial charge on any atom is 0.0194 e. The average Bonchev–Trinajstić information content (AvgIpc) is 2.36. The van der Waals surface area contributed by atoms with Gasteiger partial charge in [-0.1, -0.05) is 0 Å². The van der Waals surface area contributed by atoms with E-state index in [1.165, 1.54) is 39.0 Å². The molecule has 1 heterocycles. The lowest BCUT2D eigenvalue weighted by atomic mass is 10.2.